The van der Waals surface area contributed by atoms with E-state index in [1.54, 1.807) is 30.3 Å². The lowest BCUT2D eigenvalue weighted by molar-refractivity contribution is -0.192. The molecule has 0 fully saturated rings. The van der Waals surface area contributed by atoms with Gasteiger partial charge in [-0.1, -0.05) is 35.5 Å². The molecule has 2 heterocycles. The van der Waals surface area contributed by atoms with Gasteiger partial charge in [0.05, 0.1) is 23.9 Å². The van der Waals surface area contributed by atoms with Gasteiger partial charge >= 0.3 is 18.1 Å². The Morgan fingerprint density at radius 2 is 1.79 bits per heavy atom. The fourth-order valence-electron chi connectivity index (χ4n) is 3.47. The number of aliphatic carboxylic acids is 2. The molecule has 20 heteroatoms. The molecule has 7 N–H and O–H groups in total. The Kier molecular flexibility index (Phi) is 10.3. The van der Waals surface area contributed by atoms with Crippen molar-refractivity contribution < 1.29 is 51.0 Å². The molecule has 0 aliphatic carbocycles. The quantitative estimate of drug-likeness (QED) is 0.134. The third-order valence-corrected chi connectivity index (χ3v) is 7.60. The number of oxime groups is 1. The molecule has 4 rings (SSSR count). The van der Waals surface area contributed by atoms with E-state index >= 15 is 0 Å². The van der Waals surface area contributed by atoms with E-state index in [-0.39, 0.29) is 22.7 Å². The lowest BCUT2D eigenvalue weighted by Crippen LogP contribution is -2.48. The summed E-state index contributed by atoms with van der Waals surface area (Å²) < 4.78 is 67.4. The number of hydrogen-bond acceptors (Lipinski definition) is 11. The van der Waals surface area contributed by atoms with Crippen LogP contribution >= 0.6 is 11.7 Å². The van der Waals surface area contributed by atoms with Gasteiger partial charge < -0.3 is 26.1 Å². The molecule has 230 valence electrons. The number of alkyl halides is 3. The third kappa shape index (κ3) is 8.90. The number of halogens is 3. The Morgan fingerprint density at radius 3 is 2.37 bits per heavy atom. The van der Waals surface area contributed by atoms with E-state index in [1.165, 1.54) is 12.1 Å². The minimum Gasteiger partial charge on any atom is -0.480 e. The van der Waals surface area contributed by atoms with Crippen LogP contribution in [0.2, 0.25) is 0 Å². The van der Waals surface area contributed by atoms with Crippen molar-refractivity contribution in [3.63, 3.8) is 0 Å². The predicted molar refractivity (Wildman–Crippen MR) is 144 cm³/mol. The number of nitrogens with two attached hydrogens (primary N) is 1. The van der Waals surface area contributed by atoms with Gasteiger partial charge in [0.15, 0.2) is 0 Å². The second-order valence-corrected chi connectivity index (χ2v) is 10.9. The van der Waals surface area contributed by atoms with Crippen LogP contribution in [-0.2, 0) is 29.2 Å². The zero-order valence-corrected chi connectivity index (χ0v) is 23.2. The molecule has 2 aromatic carbocycles. The van der Waals surface area contributed by atoms with E-state index in [2.05, 4.69) is 23.9 Å². The maximum absolute atomic E-state index is 12.8. The number of rotatable bonds is 10. The molecule has 0 spiro atoms. The van der Waals surface area contributed by atoms with Gasteiger partial charge in [-0.25, -0.2) is 13.2 Å². The first-order valence-electron chi connectivity index (χ1n) is 11.8. The highest BCUT2D eigenvalue weighted by Gasteiger charge is 2.38. The van der Waals surface area contributed by atoms with Crippen molar-refractivity contribution >= 4 is 62.2 Å². The highest BCUT2D eigenvalue weighted by Crippen LogP contribution is 2.22. The number of carbonyl (C=O) groups is 3. The molecule has 1 aliphatic rings. The Labute approximate surface area is 244 Å². The molecule has 0 radical (unpaired) electrons. The number of carbonyl (C=O) groups excluding carboxylic acids is 1. The number of fused-ring (bicyclic) bond motifs is 1. The van der Waals surface area contributed by atoms with Crippen molar-refractivity contribution in [2.24, 2.45) is 10.9 Å². The molecule has 0 saturated heterocycles. The number of nitrogen functional groups attached to an aromatic ring is 1. The Hall–Kier alpha value is -4.69. The van der Waals surface area contributed by atoms with Crippen LogP contribution in [0.5, 0.6) is 0 Å². The number of carboxylic acid groups (broad SMARTS) is 2. The smallest absolute Gasteiger partial charge is 0.480 e. The minimum atomic E-state index is -5.08. The van der Waals surface area contributed by atoms with Crippen molar-refractivity contribution in [2.45, 2.75) is 36.1 Å². The number of amides is 1. The average molecular weight is 646 g/mol. The van der Waals surface area contributed by atoms with E-state index in [4.69, 9.17) is 25.9 Å². The van der Waals surface area contributed by atoms with Gasteiger partial charge in [0.2, 0.25) is 15.9 Å². The zero-order valence-electron chi connectivity index (χ0n) is 21.5. The number of aromatic nitrogens is 2. The fourth-order valence-corrected chi connectivity index (χ4v) is 5.43. The maximum Gasteiger partial charge on any atom is 0.490 e. The van der Waals surface area contributed by atoms with Gasteiger partial charge in [0, 0.05) is 18.5 Å². The molecule has 1 amide bonds. The summed E-state index contributed by atoms with van der Waals surface area (Å²) in [4.78, 5) is 38.1. The summed E-state index contributed by atoms with van der Waals surface area (Å²) in [6, 6.07) is 9.60. The van der Waals surface area contributed by atoms with Crippen molar-refractivity contribution in [2.75, 3.05) is 6.54 Å². The molecular formula is C23H22F3N7O8S2. The van der Waals surface area contributed by atoms with Crippen molar-refractivity contribution in [1.29, 1.82) is 5.41 Å². The monoisotopic (exact) mass is 645 g/mol. The van der Waals surface area contributed by atoms with E-state index in [9.17, 15) is 36.3 Å². The van der Waals surface area contributed by atoms with E-state index in [0.29, 0.717) is 23.2 Å². The molecule has 1 aromatic heterocycles. The number of hydrogen-bond donors (Lipinski definition) is 6. The molecule has 43 heavy (non-hydrogen) atoms. The van der Waals surface area contributed by atoms with Crippen LogP contribution in [0, 0.1) is 5.41 Å². The van der Waals surface area contributed by atoms with Crippen LogP contribution in [0.4, 0.5) is 13.2 Å². The zero-order chi connectivity index (χ0) is 31.9. The first-order chi connectivity index (χ1) is 20.1. The number of nitrogens with one attached hydrogen (secondary N) is 3. The number of sulfonamides is 1. The number of carboxylic acids is 2. The summed E-state index contributed by atoms with van der Waals surface area (Å²) in [6.07, 6.45) is -5.42. The van der Waals surface area contributed by atoms with Gasteiger partial charge in [-0.15, -0.1) is 0 Å². The van der Waals surface area contributed by atoms with Crippen LogP contribution < -0.4 is 15.8 Å². The summed E-state index contributed by atoms with van der Waals surface area (Å²) in [7, 11) is -4.26. The molecule has 1 unspecified atom stereocenters. The Morgan fingerprint density at radius 1 is 1.14 bits per heavy atom. The molecule has 2 atom stereocenters. The lowest BCUT2D eigenvalue weighted by Gasteiger charge is -2.16. The van der Waals surface area contributed by atoms with Crippen molar-refractivity contribution in [1.82, 2.24) is 18.8 Å². The van der Waals surface area contributed by atoms with Gasteiger partial charge in [0.1, 0.15) is 33.9 Å². The van der Waals surface area contributed by atoms with Crippen LogP contribution in [0.3, 0.4) is 0 Å². The molecule has 0 bridgehead atoms. The topological polar surface area (TPSA) is 247 Å². The second kappa shape index (κ2) is 13.5. The molecule has 3 aromatic rings. The largest absolute Gasteiger partial charge is 0.490 e. The SMILES string of the molecule is N=C(N)c1ccc(C2=NOC(CC(=O)NC[C@H](NS(=O)(=O)c3cccc4nsnc34)C(=O)O)C2)cc1.O=C(O)C(F)(F)F. The van der Waals surface area contributed by atoms with Gasteiger partial charge in [-0.05, 0) is 17.7 Å². The van der Waals surface area contributed by atoms with Crippen molar-refractivity contribution in [3.8, 4) is 0 Å². The first kappa shape index (κ1) is 32.8. The summed E-state index contributed by atoms with van der Waals surface area (Å²) in [5, 5.41) is 30.5. The lowest BCUT2D eigenvalue weighted by atomic mass is 10.0. The third-order valence-electron chi connectivity index (χ3n) is 5.56. The van der Waals surface area contributed by atoms with E-state index < -0.39 is 52.7 Å². The van der Waals surface area contributed by atoms with Crippen LogP contribution in [-0.4, -0.2) is 81.6 Å². The summed E-state index contributed by atoms with van der Waals surface area (Å²) in [5.41, 5.74) is 7.89. The highest BCUT2D eigenvalue weighted by atomic mass is 32.2. The number of benzene rings is 2. The van der Waals surface area contributed by atoms with Crippen LogP contribution in [0.25, 0.3) is 11.0 Å². The number of nitrogens with zero attached hydrogens (tertiary/aromatic N) is 3. The summed E-state index contributed by atoms with van der Waals surface area (Å²) >= 11 is 0.838. The average Bonchev–Trinajstić information content (AvgIpc) is 3.60. The van der Waals surface area contributed by atoms with Gasteiger partial charge in [-0.3, -0.25) is 15.0 Å². The standard InChI is InChI=1S/C21H21N7O6S2.C2HF3O2/c22-20(23)12-6-4-11(5-7-12)15-8-13(34-25-15)9-18(29)24-10-16(21(30)31)28-36(32,33)17-3-1-2-14-19(17)27-35-26-14;3-2(4,5)1(6)7/h1-7,13,16,28H,8-10H2,(H3,22,23)(H,24,29)(H,30,31);(H,6,7)/t13?,16-;/m0./s1. The van der Waals surface area contributed by atoms with E-state index in [0.717, 1.165) is 17.3 Å². The van der Waals surface area contributed by atoms with Gasteiger partial charge in [0.25, 0.3) is 0 Å². The molecule has 15 nitrogen and oxygen atoms in total. The first-order valence-corrected chi connectivity index (χ1v) is 14.0. The number of amidine groups is 1. The normalized spacial score (nSPS) is 15.4. The highest BCUT2D eigenvalue weighted by molar-refractivity contribution is 7.89. The van der Waals surface area contributed by atoms with E-state index in [1.807, 2.05) is 0 Å². The second-order valence-electron chi connectivity index (χ2n) is 8.67. The van der Waals surface area contributed by atoms with Crippen LogP contribution in [0.15, 0.2) is 52.5 Å². The van der Waals surface area contributed by atoms with Crippen LogP contribution in [0.1, 0.15) is 24.0 Å². The molecule has 0 saturated carbocycles. The fraction of sp³-hybridized carbons (Fsp3) is 0.261. The molecular weight excluding hydrogens is 623 g/mol. The minimum absolute atomic E-state index is 0.0557. The molecule has 1 aliphatic heterocycles. The predicted octanol–water partition coefficient (Wildman–Crippen LogP) is 1.04. The summed E-state index contributed by atoms with van der Waals surface area (Å²) in [5.74, 6) is -4.80. The Bertz CT molecular complexity index is 1660. The maximum atomic E-state index is 12.8. The van der Waals surface area contributed by atoms with Crippen molar-refractivity contribution in [3.05, 3.63) is 53.6 Å². The van der Waals surface area contributed by atoms with Gasteiger partial charge in [-0.2, -0.15) is 26.6 Å². The Balaban J connectivity index is 0.000000646. The summed E-state index contributed by atoms with van der Waals surface area (Å²) in [6.45, 7) is -0.481.